The summed E-state index contributed by atoms with van der Waals surface area (Å²) >= 11 is 0. The number of para-hydroxylation sites is 2. The van der Waals surface area contributed by atoms with E-state index in [0.717, 1.165) is 4.57 Å². The van der Waals surface area contributed by atoms with Crippen molar-refractivity contribution in [2.45, 2.75) is 0 Å². The number of rotatable bonds is 3. The first-order valence-electron chi connectivity index (χ1n) is 6.76. The van der Waals surface area contributed by atoms with Crippen molar-refractivity contribution in [3.8, 4) is 17.3 Å². The maximum Gasteiger partial charge on any atom is 0.335 e. The minimum atomic E-state index is -0.760. The van der Waals surface area contributed by atoms with Crippen LogP contribution in [0, 0.1) is 0 Å². The Morgan fingerprint density at radius 3 is 2.78 bits per heavy atom. The van der Waals surface area contributed by atoms with Gasteiger partial charge in [-0.05, 0) is 30.4 Å². The molecule has 1 aromatic carbocycles. The van der Waals surface area contributed by atoms with Crippen molar-refractivity contribution in [2.75, 3.05) is 7.11 Å². The van der Waals surface area contributed by atoms with Crippen LogP contribution < -0.4 is 16.0 Å². The lowest BCUT2D eigenvalue weighted by Crippen LogP contribution is -2.30. The average Bonchev–Trinajstić information content (AvgIpc) is 3.05. The first-order chi connectivity index (χ1) is 11.1. The summed E-state index contributed by atoms with van der Waals surface area (Å²) in [6.45, 7) is 0. The summed E-state index contributed by atoms with van der Waals surface area (Å²) in [5.41, 5.74) is -0.699. The van der Waals surface area contributed by atoms with E-state index in [0.29, 0.717) is 17.1 Å². The van der Waals surface area contributed by atoms with Crippen molar-refractivity contribution in [1.82, 2.24) is 9.55 Å². The molecule has 7 heteroatoms. The van der Waals surface area contributed by atoms with E-state index in [9.17, 15) is 14.7 Å². The van der Waals surface area contributed by atoms with Gasteiger partial charge in [-0.25, -0.2) is 9.36 Å². The second kappa shape index (κ2) is 5.80. The maximum absolute atomic E-state index is 12.1. The number of aromatic amines is 1. The fourth-order valence-corrected chi connectivity index (χ4v) is 2.25. The Morgan fingerprint density at radius 1 is 1.30 bits per heavy atom. The molecule has 0 aliphatic carbocycles. The second-order valence-electron chi connectivity index (χ2n) is 4.71. The van der Waals surface area contributed by atoms with E-state index >= 15 is 0 Å². The van der Waals surface area contributed by atoms with Crippen LogP contribution in [0.2, 0.25) is 0 Å². The Labute approximate surface area is 130 Å². The van der Waals surface area contributed by atoms with Crippen molar-refractivity contribution in [2.24, 2.45) is 4.99 Å². The van der Waals surface area contributed by atoms with Gasteiger partial charge in [0, 0.05) is 6.21 Å². The van der Waals surface area contributed by atoms with Crippen LogP contribution in [0.15, 0.2) is 56.7 Å². The van der Waals surface area contributed by atoms with Gasteiger partial charge in [0.1, 0.15) is 11.3 Å². The van der Waals surface area contributed by atoms with Crippen LogP contribution >= 0.6 is 0 Å². The predicted octanol–water partition coefficient (Wildman–Crippen LogP) is 1.22. The Hall–Kier alpha value is -3.35. The van der Waals surface area contributed by atoms with Gasteiger partial charge in [-0.3, -0.25) is 14.8 Å². The molecule has 2 N–H and O–H groups in total. The zero-order chi connectivity index (χ0) is 16.4. The van der Waals surface area contributed by atoms with Crippen molar-refractivity contribution < 1.29 is 9.84 Å². The number of aliphatic imine (C=N–C) groups is 1. The molecule has 0 saturated carbocycles. The molecule has 0 amide bonds. The lowest BCUT2D eigenvalue weighted by atomic mass is 10.2. The van der Waals surface area contributed by atoms with Crippen molar-refractivity contribution in [1.29, 1.82) is 0 Å². The fourth-order valence-electron chi connectivity index (χ4n) is 2.25. The van der Waals surface area contributed by atoms with Crippen molar-refractivity contribution >= 4 is 12.3 Å². The molecule has 0 saturated heterocycles. The highest BCUT2D eigenvalue weighted by Crippen LogP contribution is 2.26. The quantitative estimate of drug-likeness (QED) is 0.890. The van der Waals surface area contributed by atoms with Gasteiger partial charge in [0.2, 0.25) is 5.88 Å². The average molecular weight is 311 g/mol. The number of H-pyrrole nitrogens is 1. The molecule has 0 bridgehead atoms. The highest BCUT2D eigenvalue weighted by molar-refractivity contribution is 5.79. The van der Waals surface area contributed by atoms with Crippen LogP contribution in [0.4, 0.5) is 0 Å². The fraction of sp³-hybridized carbons (Fsp3) is 0.0625. The largest absolute Gasteiger partial charge is 0.495 e. The number of benzene rings is 1. The molecule has 0 fully saturated rings. The molecule has 0 spiro atoms. The number of hydrogen-bond donors (Lipinski definition) is 2. The van der Waals surface area contributed by atoms with Crippen LogP contribution in [0.3, 0.4) is 0 Å². The monoisotopic (exact) mass is 311 g/mol. The molecule has 0 unspecified atom stereocenters. The number of aromatic hydroxyl groups is 1. The van der Waals surface area contributed by atoms with Gasteiger partial charge in [0.15, 0.2) is 0 Å². The Kier molecular flexibility index (Phi) is 3.68. The Balaban J connectivity index is 2.29. The normalized spacial score (nSPS) is 14.6. The molecular formula is C16H13N3O4. The number of ether oxygens (including phenoxy) is 1. The van der Waals surface area contributed by atoms with Crippen molar-refractivity contribution in [3.05, 3.63) is 68.5 Å². The number of hydrogen-bond acceptors (Lipinski definition) is 5. The second-order valence-corrected chi connectivity index (χ2v) is 4.71. The molecular weight excluding hydrogens is 298 g/mol. The number of methoxy groups -OCH3 is 1. The first kappa shape index (κ1) is 14.6. The van der Waals surface area contributed by atoms with Crippen LogP contribution in [-0.4, -0.2) is 28.0 Å². The summed E-state index contributed by atoms with van der Waals surface area (Å²) in [5.74, 6) is -0.0967. The first-order valence-corrected chi connectivity index (χ1v) is 6.76. The maximum atomic E-state index is 12.1. The van der Waals surface area contributed by atoms with Crippen LogP contribution in [0.1, 0.15) is 5.56 Å². The molecule has 23 heavy (non-hydrogen) atoms. The minimum absolute atomic E-state index is 0.0609. The Bertz CT molecular complexity index is 950. The van der Waals surface area contributed by atoms with Gasteiger partial charge in [-0.2, -0.15) is 0 Å². The standard InChI is InChI=1S/C16H13N3O4/c1-23-13-7-3-2-6-12(13)19-15(21)11(14(20)18-16(19)22)9-10-5-4-8-17-10/h2-9,21H,1H3,(H,18,20,22)/b10-9+. The summed E-state index contributed by atoms with van der Waals surface area (Å²) in [4.78, 5) is 30.4. The summed E-state index contributed by atoms with van der Waals surface area (Å²) in [6.07, 6.45) is 6.34. The van der Waals surface area contributed by atoms with Gasteiger partial charge in [0.05, 0.1) is 18.5 Å². The molecule has 2 heterocycles. The van der Waals surface area contributed by atoms with Gasteiger partial charge >= 0.3 is 5.69 Å². The van der Waals surface area contributed by atoms with Gasteiger partial charge < -0.3 is 9.84 Å². The molecule has 7 nitrogen and oxygen atoms in total. The van der Waals surface area contributed by atoms with Gasteiger partial charge in [-0.1, -0.05) is 12.1 Å². The summed E-state index contributed by atoms with van der Waals surface area (Å²) < 4.78 is 6.18. The van der Waals surface area contributed by atoms with Gasteiger partial charge in [0.25, 0.3) is 5.56 Å². The van der Waals surface area contributed by atoms with Gasteiger partial charge in [-0.15, -0.1) is 0 Å². The Morgan fingerprint density at radius 2 is 2.09 bits per heavy atom. The zero-order valence-corrected chi connectivity index (χ0v) is 12.2. The predicted molar refractivity (Wildman–Crippen MR) is 86.5 cm³/mol. The number of allylic oxidation sites excluding steroid dienone is 2. The van der Waals surface area contributed by atoms with E-state index in [1.54, 1.807) is 42.6 Å². The third-order valence-electron chi connectivity index (χ3n) is 3.32. The molecule has 1 aromatic heterocycles. The summed E-state index contributed by atoms with van der Waals surface area (Å²) in [6, 6.07) is 6.67. The third-order valence-corrected chi connectivity index (χ3v) is 3.32. The number of nitrogens with one attached hydrogen (secondary N) is 1. The topological polar surface area (TPSA) is 96.7 Å². The van der Waals surface area contributed by atoms with Crippen LogP contribution in [0.25, 0.3) is 11.8 Å². The van der Waals surface area contributed by atoms with E-state index in [4.69, 9.17) is 4.74 Å². The molecule has 0 atom stereocenters. The van der Waals surface area contributed by atoms with E-state index in [1.165, 1.54) is 13.2 Å². The number of aromatic nitrogens is 2. The molecule has 0 radical (unpaired) electrons. The van der Waals surface area contributed by atoms with E-state index in [1.807, 2.05) is 0 Å². The van der Waals surface area contributed by atoms with E-state index < -0.39 is 17.1 Å². The minimum Gasteiger partial charge on any atom is -0.495 e. The van der Waals surface area contributed by atoms with E-state index in [-0.39, 0.29) is 5.56 Å². The lowest BCUT2D eigenvalue weighted by Gasteiger charge is -2.13. The number of nitrogens with zero attached hydrogens (tertiary/aromatic N) is 2. The van der Waals surface area contributed by atoms with E-state index in [2.05, 4.69) is 9.98 Å². The summed E-state index contributed by atoms with van der Waals surface area (Å²) in [5, 5.41) is 10.5. The lowest BCUT2D eigenvalue weighted by molar-refractivity contribution is 0.401. The molecule has 1 aliphatic rings. The van der Waals surface area contributed by atoms with Crippen LogP contribution in [0.5, 0.6) is 11.6 Å². The SMILES string of the molecule is COc1ccccc1-n1c(O)c(/C=C2\C=CC=N2)c(=O)[nH]c1=O. The highest BCUT2D eigenvalue weighted by atomic mass is 16.5. The third kappa shape index (κ3) is 2.59. The smallest absolute Gasteiger partial charge is 0.335 e. The summed E-state index contributed by atoms with van der Waals surface area (Å²) in [7, 11) is 1.45. The van der Waals surface area contributed by atoms with Crippen LogP contribution in [-0.2, 0) is 0 Å². The highest BCUT2D eigenvalue weighted by Gasteiger charge is 2.17. The zero-order valence-electron chi connectivity index (χ0n) is 12.2. The van der Waals surface area contributed by atoms with Crippen molar-refractivity contribution in [3.63, 3.8) is 0 Å². The molecule has 3 rings (SSSR count). The molecule has 1 aliphatic heterocycles. The molecule has 116 valence electrons. The molecule has 2 aromatic rings.